The second-order valence-electron chi connectivity index (χ2n) is 7.33. The highest BCUT2D eigenvalue weighted by atomic mass is 35.5. The first-order chi connectivity index (χ1) is 13.5. The molecule has 0 saturated carbocycles. The fourth-order valence-corrected chi connectivity index (χ4v) is 4.26. The van der Waals surface area contributed by atoms with E-state index in [1.165, 1.54) is 5.56 Å². The van der Waals surface area contributed by atoms with Crippen molar-refractivity contribution in [3.05, 3.63) is 58.1 Å². The van der Waals surface area contributed by atoms with Crippen LogP contribution in [0.1, 0.15) is 49.4 Å². The van der Waals surface area contributed by atoms with Gasteiger partial charge in [-0.25, -0.2) is 0 Å². The van der Waals surface area contributed by atoms with Crippen molar-refractivity contribution in [2.45, 2.75) is 39.2 Å². The number of carbonyl (C=O) groups is 1. The van der Waals surface area contributed by atoms with Crippen LogP contribution < -0.4 is 9.47 Å². The molecular formula is C23H28ClNO3. The van der Waals surface area contributed by atoms with E-state index in [0.717, 1.165) is 30.4 Å². The van der Waals surface area contributed by atoms with Crippen LogP contribution in [0.15, 0.2) is 36.4 Å². The molecule has 0 unspecified atom stereocenters. The minimum Gasteiger partial charge on any atom is -0.493 e. The van der Waals surface area contributed by atoms with Gasteiger partial charge in [-0.15, -0.1) is 0 Å². The topological polar surface area (TPSA) is 38.8 Å². The van der Waals surface area contributed by atoms with Gasteiger partial charge in [0.1, 0.15) is 0 Å². The molecule has 1 heterocycles. The monoisotopic (exact) mass is 401 g/mol. The fraction of sp³-hybridized carbons (Fsp3) is 0.435. The van der Waals surface area contributed by atoms with Gasteiger partial charge < -0.3 is 14.4 Å². The van der Waals surface area contributed by atoms with E-state index in [2.05, 4.69) is 6.92 Å². The Hall–Kier alpha value is -2.20. The van der Waals surface area contributed by atoms with E-state index in [1.807, 2.05) is 48.2 Å². The van der Waals surface area contributed by atoms with Crippen LogP contribution >= 0.6 is 11.6 Å². The summed E-state index contributed by atoms with van der Waals surface area (Å²) in [6.45, 7) is 4.80. The molecule has 3 rings (SSSR count). The molecule has 150 valence electrons. The second kappa shape index (κ2) is 8.87. The van der Waals surface area contributed by atoms with Crippen molar-refractivity contribution in [2.75, 3.05) is 20.8 Å². The molecule has 2 atom stereocenters. The summed E-state index contributed by atoms with van der Waals surface area (Å²) < 4.78 is 11.0. The lowest BCUT2D eigenvalue weighted by atomic mass is 9.86. The summed E-state index contributed by atoms with van der Waals surface area (Å²) in [5.74, 6) is 1.56. The first kappa shape index (κ1) is 20.5. The maximum Gasteiger partial charge on any atom is 0.226 e. The number of hydrogen-bond acceptors (Lipinski definition) is 3. The number of halogens is 1. The Morgan fingerprint density at radius 2 is 1.93 bits per heavy atom. The van der Waals surface area contributed by atoms with Gasteiger partial charge in [-0.2, -0.15) is 0 Å². The molecule has 1 aliphatic rings. The van der Waals surface area contributed by atoms with Gasteiger partial charge in [0.2, 0.25) is 5.91 Å². The minimum absolute atomic E-state index is 0.00613. The number of hydrogen-bond donors (Lipinski definition) is 0. The van der Waals surface area contributed by atoms with Gasteiger partial charge in [-0.05, 0) is 53.8 Å². The van der Waals surface area contributed by atoms with E-state index in [9.17, 15) is 4.79 Å². The predicted octanol–water partition coefficient (Wildman–Crippen LogP) is 5.27. The molecule has 2 aromatic carbocycles. The lowest BCUT2D eigenvalue weighted by molar-refractivity contribution is -0.137. The number of methoxy groups -OCH3 is 2. The van der Waals surface area contributed by atoms with Crippen molar-refractivity contribution in [2.24, 2.45) is 5.92 Å². The molecule has 0 radical (unpaired) electrons. The number of carbonyl (C=O) groups excluding carboxylic acids is 1. The maximum absolute atomic E-state index is 13.3. The molecule has 1 amide bonds. The summed E-state index contributed by atoms with van der Waals surface area (Å²) >= 11 is 6.29. The van der Waals surface area contributed by atoms with Gasteiger partial charge in [0.15, 0.2) is 11.5 Å². The third-order valence-electron chi connectivity index (χ3n) is 5.46. The second-order valence-corrected chi connectivity index (χ2v) is 7.77. The smallest absolute Gasteiger partial charge is 0.226 e. The highest BCUT2D eigenvalue weighted by molar-refractivity contribution is 6.30. The highest BCUT2D eigenvalue weighted by Gasteiger charge is 2.34. The molecule has 0 saturated heterocycles. The van der Waals surface area contributed by atoms with Crippen LogP contribution in [-0.4, -0.2) is 31.6 Å². The molecule has 0 bridgehead atoms. The van der Waals surface area contributed by atoms with E-state index in [0.29, 0.717) is 23.1 Å². The van der Waals surface area contributed by atoms with Gasteiger partial charge in [0.25, 0.3) is 0 Å². The normalized spacial score (nSPS) is 17.0. The molecule has 0 aliphatic carbocycles. The SMILES string of the molecule is CCC[C@H](C)C(=O)N1CCc2cc(OC)c(OC)cc2[C@@H]1c1cccc(Cl)c1. The zero-order chi connectivity index (χ0) is 20.3. The molecule has 0 fully saturated rings. The quantitative estimate of drug-likeness (QED) is 0.662. The van der Waals surface area contributed by atoms with Crippen LogP contribution in [0.25, 0.3) is 0 Å². The summed E-state index contributed by atoms with van der Waals surface area (Å²) in [7, 11) is 3.28. The van der Waals surface area contributed by atoms with E-state index in [-0.39, 0.29) is 17.9 Å². The highest BCUT2D eigenvalue weighted by Crippen LogP contribution is 2.42. The van der Waals surface area contributed by atoms with Crippen LogP contribution in [0.3, 0.4) is 0 Å². The van der Waals surface area contributed by atoms with Crippen LogP contribution in [-0.2, 0) is 11.2 Å². The lowest BCUT2D eigenvalue weighted by Crippen LogP contribution is -2.43. The van der Waals surface area contributed by atoms with Crippen LogP contribution in [0.4, 0.5) is 0 Å². The summed E-state index contributed by atoms with van der Waals surface area (Å²) in [6, 6.07) is 11.6. The number of fused-ring (bicyclic) bond motifs is 1. The molecule has 28 heavy (non-hydrogen) atoms. The molecule has 0 N–H and O–H groups in total. The van der Waals surface area contributed by atoms with Gasteiger partial charge in [-0.1, -0.05) is 44.0 Å². The van der Waals surface area contributed by atoms with Crippen molar-refractivity contribution in [3.8, 4) is 11.5 Å². The largest absolute Gasteiger partial charge is 0.493 e. The zero-order valence-corrected chi connectivity index (χ0v) is 17.8. The Bertz CT molecular complexity index is 852. The number of benzene rings is 2. The lowest BCUT2D eigenvalue weighted by Gasteiger charge is -2.39. The third kappa shape index (κ3) is 3.97. The van der Waals surface area contributed by atoms with Gasteiger partial charge in [0, 0.05) is 17.5 Å². The van der Waals surface area contributed by atoms with Crippen LogP contribution in [0.2, 0.25) is 5.02 Å². The molecule has 2 aromatic rings. The summed E-state index contributed by atoms with van der Waals surface area (Å²) in [5.41, 5.74) is 3.26. The van der Waals surface area contributed by atoms with Crippen molar-refractivity contribution >= 4 is 17.5 Å². The first-order valence-electron chi connectivity index (χ1n) is 9.80. The molecule has 0 spiro atoms. The van der Waals surface area contributed by atoms with E-state index < -0.39 is 0 Å². The number of nitrogens with zero attached hydrogens (tertiary/aromatic N) is 1. The minimum atomic E-state index is -0.186. The molecular weight excluding hydrogens is 374 g/mol. The Labute approximate surface area is 172 Å². The third-order valence-corrected chi connectivity index (χ3v) is 5.70. The average Bonchev–Trinajstić information content (AvgIpc) is 2.71. The van der Waals surface area contributed by atoms with Gasteiger partial charge in [0.05, 0.1) is 20.3 Å². The Morgan fingerprint density at radius 1 is 1.21 bits per heavy atom. The zero-order valence-electron chi connectivity index (χ0n) is 17.0. The number of amides is 1. The van der Waals surface area contributed by atoms with Gasteiger partial charge >= 0.3 is 0 Å². The number of rotatable bonds is 6. The predicted molar refractivity (Wildman–Crippen MR) is 112 cm³/mol. The van der Waals surface area contributed by atoms with Gasteiger partial charge in [-0.3, -0.25) is 4.79 Å². The Balaban J connectivity index is 2.13. The summed E-state index contributed by atoms with van der Waals surface area (Å²) in [4.78, 5) is 15.3. The first-order valence-corrected chi connectivity index (χ1v) is 10.2. The molecule has 5 heteroatoms. The van der Waals surface area contributed by atoms with E-state index in [4.69, 9.17) is 21.1 Å². The van der Waals surface area contributed by atoms with E-state index >= 15 is 0 Å². The average molecular weight is 402 g/mol. The maximum atomic E-state index is 13.3. The Kier molecular flexibility index (Phi) is 6.50. The summed E-state index contributed by atoms with van der Waals surface area (Å²) in [6.07, 6.45) is 2.66. The standard InChI is InChI=1S/C23H28ClNO3/c1-5-7-15(2)23(26)25-11-10-16-13-20(27-3)21(28-4)14-19(16)22(25)17-8-6-9-18(24)12-17/h6,8-9,12-15,22H,5,7,10-11H2,1-4H3/t15-,22-/m0/s1. The number of ether oxygens (including phenoxy) is 2. The van der Waals surface area contributed by atoms with Crippen molar-refractivity contribution in [3.63, 3.8) is 0 Å². The molecule has 1 aliphatic heterocycles. The van der Waals surface area contributed by atoms with Crippen LogP contribution in [0.5, 0.6) is 11.5 Å². The molecule has 0 aromatic heterocycles. The summed E-state index contributed by atoms with van der Waals surface area (Å²) in [5, 5.41) is 0.666. The van der Waals surface area contributed by atoms with Crippen molar-refractivity contribution in [1.29, 1.82) is 0 Å². The Morgan fingerprint density at radius 3 is 2.57 bits per heavy atom. The molecule has 4 nitrogen and oxygen atoms in total. The van der Waals surface area contributed by atoms with Crippen molar-refractivity contribution < 1.29 is 14.3 Å². The van der Waals surface area contributed by atoms with Crippen LogP contribution in [0, 0.1) is 5.92 Å². The fourth-order valence-electron chi connectivity index (χ4n) is 4.06. The van der Waals surface area contributed by atoms with Crippen molar-refractivity contribution in [1.82, 2.24) is 4.90 Å². The van der Waals surface area contributed by atoms with E-state index in [1.54, 1.807) is 14.2 Å².